The van der Waals surface area contributed by atoms with Crippen molar-refractivity contribution in [1.29, 1.82) is 0 Å². The third kappa shape index (κ3) is 4.19. The van der Waals surface area contributed by atoms with Crippen LogP contribution in [0, 0.1) is 0 Å². The molecule has 0 aliphatic carbocycles. The van der Waals surface area contributed by atoms with Gasteiger partial charge in [0.1, 0.15) is 5.75 Å². The number of hydrogen-bond acceptors (Lipinski definition) is 6. The molecule has 1 aromatic carbocycles. The molecule has 0 radical (unpaired) electrons. The number of aromatic nitrogens is 2. The zero-order valence-corrected chi connectivity index (χ0v) is 16.5. The number of amides is 2. The van der Waals surface area contributed by atoms with Gasteiger partial charge >= 0.3 is 6.03 Å². The number of carbonyl (C=O) groups excluding carboxylic acids is 1. The van der Waals surface area contributed by atoms with E-state index in [1.165, 1.54) is 24.9 Å². The first kappa shape index (κ1) is 18.7. The minimum atomic E-state index is -0.423. The standard InChI is InChI=1S/C17H22ClN5O2S/c1-10-5-4-6-11(2)23(10)17-22-21-16(26-17)20-15(24)19-13-9-12(18)7-8-14(13)25-3/h7-11H,4-6H2,1-3H3,(H2,19,20,21,24)/t10-,11-/m1/s1. The first-order chi connectivity index (χ1) is 12.5. The lowest BCUT2D eigenvalue weighted by Gasteiger charge is -2.38. The van der Waals surface area contributed by atoms with E-state index in [1.54, 1.807) is 18.2 Å². The number of urea groups is 1. The molecule has 2 atom stereocenters. The van der Waals surface area contributed by atoms with Crippen LogP contribution in [0.4, 0.5) is 20.7 Å². The molecule has 2 N–H and O–H groups in total. The highest BCUT2D eigenvalue weighted by atomic mass is 35.5. The van der Waals surface area contributed by atoms with Crippen LogP contribution in [-0.2, 0) is 0 Å². The lowest BCUT2D eigenvalue weighted by atomic mass is 9.98. The van der Waals surface area contributed by atoms with Crippen LogP contribution in [0.5, 0.6) is 5.75 Å². The summed E-state index contributed by atoms with van der Waals surface area (Å²) in [5.74, 6) is 0.526. The van der Waals surface area contributed by atoms with Crippen molar-refractivity contribution >= 4 is 44.9 Å². The number of ether oxygens (including phenoxy) is 1. The van der Waals surface area contributed by atoms with Gasteiger partial charge in [-0.2, -0.15) is 0 Å². The Kier molecular flexibility index (Phi) is 5.83. The second-order valence-electron chi connectivity index (χ2n) is 6.35. The van der Waals surface area contributed by atoms with Gasteiger partial charge in [-0.1, -0.05) is 22.9 Å². The molecule has 2 aromatic rings. The fourth-order valence-electron chi connectivity index (χ4n) is 3.20. The topological polar surface area (TPSA) is 79.4 Å². The molecule has 0 unspecified atom stereocenters. The molecular weight excluding hydrogens is 374 g/mol. The number of halogens is 1. The van der Waals surface area contributed by atoms with Gasteiger partial charge in [0.2, 0.25) is 10.3 Å². The molecule has 1 saturated heterocycles. The van der Waals surface area contributed by atoms with Crippen molar-refractivity contribution in [2.45, 2.75) is 45.2 Å². The number of nitrogens with one attached hydrogen (secondary N) is 2. The maximum absolute atomic E-state index is 12.3. The van der Waals surface area contributed by atoms with Gasteiger partial charge in [0.25, 0.3) is 0 Å². The average Bonchev–Trinajstić information content (AvgIpc) is 3.02. The minimum absolute atomic E-state index is 0.420. The van der Waals surface area contributed by atoms with E-state index in [0.29, 0.717) is 33.7 Å². The largest absolute Gasteiger partial charge is 0.495 e. The predicted molar refractivity (Wildman–Crippen MR) is 106 cm³/mol. The Morgan fingerprint density at radius 1 is 1.27 bits per heavy atom. The van der Waals surface area contributed by atoms with Gasteiger partial charge in [0.05, 0.1) is 12.8 Å². The lowest BCUT2D eigenvalue weighted by Crippen LogP contribution is -2.43. The third-order valence-corrected chi connectivity index (χ3v) is 5.55. The van der Waals surface area contributed by atoms with Crippen molar-refractivity contribution in [2.24, 2.45) is 0 Å². The fraction of sp³-hybridized carbons (Fsp3) is 0.471. The zero-order chi connectivity index (χ0) is 18.7. The molecule has 0 saturated carbocycles. The maximum Gasteiger partial charge on any atom is 0.325 e. The van der Waals surface area contributed by atoms with Crippen LogP contribution < -0.4 is 20.3 Å². The summed E-state index contributed by atoms with van der Waals surface area (Å²) >= 11 is 7.35. The monoisotopic (exact) mass is 395 g/mol. The number of nitrogens with zero attached hydrogens (tertiary/aromatic N) is 3. The van der Waals surface area contributed by atoms with E-state index < -0.39 is 6.03 Å². The van der Waals surface area contributed by atoms with Crippen LogP contribution in [0.2, 0.25) is 5.02 Å². The number of rotatable bonds is 4. The molecule has 0 spiro atoms. The molecular formula is C17H22ClN5O2S. The van der Waals surface area contributed by atoms with Crippen LogP contribution in [0.3, 0.4) is 0 Å². The summed E-state index contributed by atoms with van der Waals surface area (Å²) < 4.78 is 5.23. The molecule has 1 aliphatic heterocycles. The highest BCUT2D eigenvalue weighted by Gasteiger charge is 2.27. The van der Waals surface area contributed by atoms with Gasteiger partial charge in [-0.05, 0) is 51.3 Å². The predicted octanol–water partition coefficient (Wildman–Crippen LogP) is 4.61. The van der Waals surface area contributed by atoms with Crippen LogP contribution >= 0.6 is 22.9 Å². The summed E-state index contributed by atoms with van der Waals surface area (Å²) in [7, 11) is 1.53. The van der Waals surface area contributed by atoms with E-state index >= 15 is 0 Å². The molecule has 2 amide bonds. The molecule has 1 fully saturated rings. The van der Waals surface area contributed by atoms with E-state index in [4.69, 9.17) is 16.3 Å². The quantitative estimate of drug-likeness (QED) is 0.790. The highest BCUT2D eigenvalue weighted by Crippen LogP contribution is 2.33. The normalized spacial score (nSPS) is 19.9. The number of benzene rings is 1. The van der Waals surface area contributed by atoms with Crippen molar-refractivity contribution in [3.05, 3.63) is 23.2 Å². The van der Waals surface area contributed by atoms with Crippen molar-refractivity contribution in [3.63, 3.8) is 0 Å². The Morgan fingerprint density at radius 3 is 2.69 bits per heavy atom. The highest BCUT2D eigenvalue weighted by molar-refractivity contribution is 7.19. The van der Waals surface area contributed by atoms with Crippen LogP contribution in [-0.4, -0.2) is 35.4 Å². The van der Waals surface area contributed by atoms with Gasteiger partial charge in [0, 0.05) is 17.1 Å². The Balaban J connectivity index is 1.67. The molecule has 2 heterocycles. The SMILES string of the molecule is COc1ccc(Cl)cc1NC(=O)Nc1nnc(N2[C@H](C)CCC[C@H]2C)s1. The van der Waals surface area contributed by atoms with Crippen molar-refractivity contribution in [1.82, 2.24) is 10.2 Å². The summed E-state index contributed by atoms with van der Waals surface area (Å²) in [4.78, 5) is 14.6. The van der Waals surface area contributed by atoms with Gasteiger partial charge in [-0.3, -0.25) is 5.32 Å². The molecule has 1 aromatic heterocycles. The summed E-state index contributed by atoms with van der Waals surface area (Å²) in [6.45, 7) is 4.39. The first-order valence-corrected chi connectivity index (χ1v) is 9.70. The zero-order valence-electron chi connectivity index (χ0n) is 15.0. The van der Waals surface area contributed by atoms with Crippen molar-refractivity contribution in [2.75, 3.05) is 22.6 Å². The van der Waals surface area contributed by atoms with E-state index in [1.807, 2.05) is 0 Å². The number of hydrogen-bond donors (Lipinski definition) is 2. The third-order valence-electron chi connectivity index (χ3n) is 4.46. The Morgan fingerprint density at radius 2 is 2.00 bits per heavy atom. The number of methoxy groups -OCH3 is 1. The summed E-state index contributed by atoms with van der Waals surface area (Å²) in [6, 6.07) is 5.44. The average molecular weight is 396 g/mol. The molecule has 3 rings (SSSR count). The second kappa shape index (κ2) is 8.09. The minimum Gasteiger partial charge on any atom is -0.495 e. The summed E-state index contributed by atoms with van der Waals surface area (Å²) in [5, 5.41) is 15.6. The lowest BCUT2D eigenvalue weighted by molar-refractivity contribution is 0.262. The number of anilines is 3. The number of piperidine rings is 1. The maximum atomic E-state index is 12.3. The van der Waals surface area contributed by atoms with E-state index in [0.717, 1.165) is 18.0 Å². The van der Waals surface area contributed by atoms with Crippen LogP contribution in [0.15, 0.2) is 18.2 Å². The first-order valence-electron chi connectivity index (χ1n) is 8.51. The van der Waals surface area contributed by atoms with E-state index in [2.05, 4.69) is 39.6 Å². The molecule has 0 bridgehead atoms. The molecule has 140 valence electrons. The van der Waals surface area contributed by atoms with Crippen molar-refractivity contribution < 1.29 is 9.53 Å². The summed E-state index contributed by atoms with van der Waals surface area (Å²) in [6.07, 6.45) is 3.51. The molecule has 26 heavy (non-hydrogen) atoms. The van der Waals surface area contributed by atoms with E-state index in [-0.39, 0.29) is 0 Å². The smallest absolute Gasteiger partial charge is 0.325 e. The Bertz CT molecular complexity index is 774. The molecule has 1 aliphatic rings. The number of carbonyl (C=O) groups is 1. The van der Waals surface area contributed by atoms with Crippen molar-refractivity contribution in [3.8, 4) is 5.75 Å². The fourth-order valence-corrected chi connectivity index (χ4v) is 4.31. The Labute approximate surface area is 161 Å². The van der Waals surface area contributed by atoms with Crippen LogP contribution in [0.1, 0.15) is 33.1 Å². The molecule has 7 nitrogen and oxygen atoms in total. The molecule has 9 heteroatoms. The van der Waals surface area contributed by atoms with E-state index in [9.17, 15) is 4.79 Å². The van der Waals surface area contributed by atoms with Gasteiger partial charge in [0.15, 0.2) is 0 Å². The van der Waals surface area contributed by atoms with Crippen LogP contribution in [0.25, 0.3) is 0 Å². The second-order valence-corrected chi connectivity index (χ2v) is 7.74. The van der Waals surface area contributed by atoms with Gasteiger partial charge in [-0.25, -0.2) is 4.79 Å². The van der Waals surface area contributed by atoms with Gasteiger partial charge < -0.3 is 15.0 Å². The summed E-state index contributed by atoms with van der Waals surface area (Å²) in [5.41, 5.74) is 0.487. The Hall–Kier alpha value is -2.06. The van der Waals surface area contributed by atoms with Gasteiger partial charge in [-0.15, -0.1) is 10.2 Å².